The summed E-state index contributed by atoms with van der Waals surface area (Å²) in [5.41, 5.74) is 1.24. The molecule has 2 fully saturated rings. The maximum absolute atomic E-state index is 9.79. The Morgan fingerprint density at radius 1 is 1.33 bits per heavy atom. The maximum Gasteiger partial charge on any atom is 0.0756 e. The fourth-order valence-electron chi connectivity index (χ4n) is 2.84. The van der Waals surface area contributed by atoms with Crippen molar-refractivity contribution in [2.75, 3.05) is 0 Å². The van der Waals surface area contributed by atoms with E-state index in [1.165, 1.54) is 24.8 Å². The van der Waals surface area contributed by atoms with Crippen LogP contribution in [0.3, 0.4) is 0 Å². The minimum absolute atomic E-state index is 0.148. The van der Waals surface area contributed by atoms with Gasteiger partial charge in [0.15, 0.2) is 0 Å². The van der Waals surface area contributed by atoms with Crippen LogP contribution in [0, 0.1) is 17.8 Å². The van der Waals surface area contributed by atoms with Crippen LogP contribution in [0.4, 0.5) is 0 Å². The van der Waals surface area contributed by atoms with Crippen LogP contribution in [0.1, 0.15) is 33.1 Å². The second kappa shape index (κ2) is 2.88. The Hall–Kier alpha value is -0.300. The standard InChI is InChI=1S/C11H18O/c1-7(2)6-10(12)11-8-4-3-5-9(8)11/h6,8-12H,3-5H2,1-2H3. The molecular weight excluding hydrogens is 148 g/mol. The van der Waals surface area contributed by atoms with Gasteiger partial charge in [-0.05, 0) is 44.4 Å². The summed E-state index contributed by atoms with van der Waals surface area (Å²) in [5.74, 6) is 2.36. The van der Waals surface area contributed by atoms with Gasteiger partial charge in [0.2, 0.25) is 0 Å². The molecule has 0 aromatic rings. The van der Waals surface area contributed by atoms with Gasteiger partial charge in [-0.3, -0.25) is 0 Å². The van der Waals surface area contributed by atoms with Crippen molar-refractivity contribution in [2.24, 2.45) is 17.8 Å². The molecule has 0 heterocycles. The van der Waals surface area contributed by atoms with Crippen molar-refractivity contribution in [1.29, 1.82) is 0 Å². The molecule has 2 aliphatic carbocycles. The summed E-state index contributed by atoms with van der Waals surface area (Å²) in [4.78, 5) is 0. The number of fused-ring (bicyclic) bond motifs is 1. The van der Waals surface area contributed by atoms with E-state index >= 15 is 0 Å². The highest BCUT2D eigenvalue weighted by atomic mass is 16.3. The third kappa shape index (κ3) is 1.31. The van der Waals surface area contributed by atoms with Crippen molar-refractivity contribution < 1.29 is 5.11 Å². The van der Waals surface area contributed by atoms with E-state index in [9.17, 15) is 5.11 Å². The van der Waals surface area contributed by atoms with Crippen molar-refractivity contribution in [3.05, 3.63) is 11.6 Å². The topological polar surface area (TPSA) is 20.2 Å². The van der Waals surface area contributed by atoms with Crippen LogP contribution in [0.25, 0.3) is 0 Å². The smallest absolute Gasteiger partial charge is 0.0756 e. The Kier molecular flexibility index (Phi) is 1.99. The molecule has 68 valence electrons. The lowest BCUT2D eigenvalue weighted by Gasteiger charge is -2.07. The predicted molar refractivity (Wildman–Crippen MR) is 49.8 cm³/mol. The molecule has 1 heteroatoms. The lowest BCUT2D eigenvalue weighted by molar-refractivity contribution is 0.181. The number of hydrogen-bond donors (Lipinski definition) is 1. The lowest BCUT2D eigenvalue weighted by atomic mass is 10.0. The summed E-state index contributed by atoms with van der Waals surface area (Å²) in [5, 5.41) is 9.79. The Bertz CT molecular complexity index is 193. The third-order valence-corrected chi connectivity index (χ3v) is 3.37. The van der Waals surface area contributed by atoms with Crippen LogP contribution >= 0.6 is 0 Å². The average molecular weight is 166 g/mol. The van der Waals surface area contributed by atoms with E-state index in [1.807, 2.05) is 6.08 Å². The highest BCUT2D eigenvalue weighted by Gasteiger charge is 2.54. The molecule has 0 saturated heterocycles. The summed E-state index contributed by atoms with van der Waals surface area (Å²) in [6.45, 7) is 4.11. The summed E-state index contributed by atoms with van der Waals surface area (Å²) < 4.78 is 0. The Balaban J connectivity index is 1.91. The lowest BCUT2D eigenvalue weighted by Crippen LogP contribution is -2.09. The van der Waals surface area contributed by atoms with Gasteiger partial charge in [0.25, 0.3) is 0 Å². The average Bonchev–Trinajstić information content (AvgIpc) is 2.45. The molecule has 3 atom stereocenters. The number of allylic oxidation sites excluding steroid dienone is 1. The van der Waals surface area contributed by atoms with E-state index in [0.717, 1.165) is 11.8 Å². The molecule has 0 spiro atoms. The normalized spacial score (nSPS) is 40.4. The fraction of sp³-hybridized carbons (Fsp3) is 0.818. The largest absolute Gasteiger partial charge is 0.389 e. The molecule has 0 radical (unpaired) electrons. The van der Waals surface area contributed by atoms with E-state index < -0.39 is 0 Å². The molecule has 0 aromatic carbocycles. The van der Waals surface area contributed by atoms with Crippen LogP contribution in [-0.4, -0.2) is 11.2 Å². The first kappa shape index (κ1) is 8.31. The van der Waals surface area contributed by atoms with Crippen LogP contribution in [-0.2, 0) is 0 Å². The zero-order valence-electron chi connectivity index (χ0n) is 7.96. The molecule has 12 heavy (non-hydrogen) atoms. The first-order valence-electron chi connectivity index (χ1n) is 5.03. The monoisotopic (exact) mass is 166 g/mol. The molecule has 0 bridgehead atoms. The molecule has 0 aromatic heterocycles. The molecule has 0 amide bonds. The van der Waals surface area contributed by atoms with E-state index in [1.54, 1.807) is 0 Å². The van der Waals surface area contributed by atoms with Crippen LogP contribution in [0.5, 0.6) is 0 Å². The first-order chi connectivity index (χ1) is 5.70. The van der Waals surface area contributed by atoms with E-state index in [4.69, 9.17) is 0 Å². The SMILES string of the molecule is CC(C)=CC(O)C1C2CCCC21. The van der Waals surface area contributed by atoms with Gasteiger partial charge < -0.3 is 5.11 Å². The zero-order valence-corrected chi connectivity index (χ0v) is 7.96. The van der Waals surface area contributed by atoms with Crippen molar-refractivity contribution in [3.8, 4) is 0 Å². The third-order valence-electron chi connectivity index (χ3n) is 3.37. The van der Waals surface area contributed by atoms with Gasteiger partial charge in [0.05, 0.1) is 6.10 Å². The summed E-state index contributed by atoms with van der Waals surface area (Å²) >= 11 is 0. The number of aliphatic hydroxyl groups excluding tert-OH is 1. The van der Waals surface area contributed by atoms with Gasteiger partial charge in [0, 0.05) is 0 Å². The molecular formula is C11H18O. The molecule has 1 nitrogen and oxygen atoms in total. The van der Waals surface area contributed by atoms with Crippen molar-refractivity contribution >= 4 is 0 Å². The summed E-state index contributed by atoms with van der Waals surface area (Å²) in [7, 11) is 0. The van der Waals surface area contributed by atoms with Crippen LogP contribution in [0.2, 0.25) is 0 Å². The molecule has 1 N–H and O–H groups in total. The molecule has 2 rings (SSSR count). The maximum atomic E-state index is 9.79. The fourth-order valence-corrected chi connectivity index (χ4v) is 2.84. The predicted octanol–water partition coefficient (Wildman–Crippen LogP) is 2.36. The molecule has 3 unspecified atom stereocenters. The van der Waals surface area contributed by atoms with Gasteiger partial charge in [-0.1, -0.05) is 18.1 Å². The number of aliphatic hydroxyl groups is 1. The second-order valence-electron chi connectivity index (χ2n) is 4.57. The van der Waals surface area contributed by atoms with E-state index in [-0.39, 0.29) is 6.10 Å². The number of rotatable bonds is 2. The van der Waals surface area contributed by atoms with Crippen LogP contribution < -0.4 is 0 Å². The first-order valence-corrected chi connectivity index (χ1v) is 5.03. The second-order valence-corrected chi connectivity index (χ2v) is 4.57. The highest BCUT2D eigenvalue weighted by Crippen LogP contribution is 2.59. The van der Waals surface area contributed by atoms with Crippen molar-refractivity contribution in [1.82, 2.24) is 0 Å². The molecule has 2 aliphatic rings. The Morgan fingerprint density at radius 3 is 2.42 bits per heavy atom. The number of hydrogen-bond acceptors (Lipinski definition) is 1. The Morgan fingerprint density at radius 2 is 1.92 bits per heavy atom. The molecule has 0 aliphatic heterocycles. The van der Waals surface area contributed by atoms with Crippen LogP contribution in [0.15, 0.2) is 11.6 Å². The van der Waals surface area contributed by atoms with E-state index in [2.05, 4.69) is 13.8 Å². The molecule has 2 saturated carbocycles. The zero-order chi connectivity index (χ0) is 8.72. The summed E-state index contributed by atoms with van der Waals surface area (Å²) in [6, 6.07) is 0. The van der Waals surface area contributed by atoms with Gasteiger partial charge in [-0.25, -0.2) is 0 Å². The van der Waals surface area contributed by atoms with Gasteiger partial charge in [0.1, 0.15) is 0 Å². The van der Waals surface area contributed by atoms with Gasteiger partial charge in [-0.15, -0.1) is 0 Å². The summed E-state index contributed by atoms with van der Waals surface area (Å²) in [6.07, 6.45) is 5.99. The minimum atomic E-state index is -0.148. The van der Waals surface area contributed by atoms with Crippen molar-refractivity contribution in [2.45, 2.75) is 39.2 Å². The quantitative estimate of drug-likeness (QED) is 0.624. The van der Waals surface area contributed by atoms with Crippen molar-refractivity contribution in [3.63, 3.8) is 0 Å². The minimum Gasteiger partial charge on any atom is -0.389 e. The van der Waals surface area contributed by atoms with E-state index in [0.29, 0.717) is 5.92 Å². The van der Waals surface area contributed by atoms with Gasteiger partial charge >= 0.3 is 0 Å². The highest BCUT2D eigenvalue weighted by molar-refractivity contribution is 5.11. The van der Waals surface area contributed by atoms with Gasteiger partial charge in [-0.2, -0.15) is 0 Å². The Labute approximate surface area is 74.5 Å².